The van der Waals surface area contributed by atoms with Crippen molar-refractivity contribution in [2.24, 2.45) is 5.92 Å². The van der Waals surface area contributed by atoms with Crippen LogP contribution in [-0.4, -0.2) is 59.2 Å². The number of nitrogens with zero attached hydrogens (tertiary/aromatic N) is 3. The summed E-state index contributed by atoms with van der Waals surface area (Å²) in [5.74, 6) is 1.72. The molecule has 2 atom stereocenters. The minimum atomic E-state index is -0.178. The average molecular weight is 489 g/mol. The van der Waals surface area contributed by atoms with Gasteiger partial charge in [-0.15, -0.1) is 0 Å². The van der Waals surface area contributed by atoms with Gasteiger partial charge in [-0.3, -0.25) is 9.69 Å². The summed E-state index contributed by atoms with van der Waals surface area (Å²) < 4.78 is 5.85. The summed E-state index contributed by atoms with van der Waals surface area (Å²) >= 11 is 0. The molecule has 0 bridgehead atoms. The van der Waals surface area contributed by atoms with Gasteiger partial charge in [0.25, 0.3) is 5.91 Å². The number of amides is 1. The number of allylic oxidation sites excluding steroid dienone is 5. The van der Waals surface area contributed by atoms with Crippen LogP contribution < -0.4 is 15.0 Å². The van der Waals surface area contributed by atoms with Crippen LogP contribution in [0.25, 0.3) is 0 Å². The number of anilines is 1. The first kappa shape index (κ1) is 25.5. The number of hydrogen-bond acceptors (Lipinski definition) is 6. The summed E-state index contributed by atoms with van der Waals surface area (Å²) in [6.07, 6.45) is 12.3. The SMILES string of the molecule is CC(C)C(CN1CCN(c2cccc(O)c2)C(C)C1)NC(=O)c1ccc(OC2=CC=CCC=C2)cn1. The van der Waals surface area contributed by atoms with Gasteiger partial charge in [-0.2, -0.15) is 0 Å². The van der Waals surface area contributed by atoms with Gasteiger partial charge >= 0.3 is 0 Å². The Morgan fingerprint density at radius 2 is 2.08 bits per heavy atom. The van der Waals surface area contributed by atoms with Crippen LogP contribution in [-0.2, 0) is 0 Å². The number of aromatic hydroxyl groups is 1. The third-order valence-corrected chi connectivity index (χ3v) is 6.60. The standard InChI is InChI=1S/C29H36N4O3/c1-21(2)28(20-32-15-16-33(22(3)19-32)23-9-8-10-24(34)17-23)31-29(35)27-14-13-26(18-30-27)36-25-11-6-4-5-7-12-25/h4,6-14,17-18,21-22,28,34H,5,15-16,19-20H2,1-3H3,(H,31,35). The highest BCUT2D eigenvalue weighted by atomic mass is 16.5. The molecule has 1 saturated heterocycles. The molecule has 2 unspecified atom stereocenters. The number of ether oxygens (including phenoxy) is 1. The van der Waals surface area contributed by atoms with Crippen LogP contribution in [0.5, 0.6) is 11.5 Å². The zero-order chi connectivity index (χ0) is 25.5. The molecule has 1 aliphatic heterocycles. The number of rotatable bonds is 8. The van der Waals surface area contributed by atoms with Crippen molar-refractivity contribution >= 4 is 11.6 Å². The highest BCUT2D eigenvalue weighted by Crippen LogP contribution is 2.24. The van der Waals surface area contributed by atoms with Crippen molar-refractivity contribution in [3.63, 3.8) is 0 Å². The van der Waals surface area contributed by atoms with Gasteiger partial charge in [0.1, 0.15) is 23.0 Å². The number of carbonyl (C=O) groups excluding carboxylic acids is 1. The third kappa shape index (κ3) is 6.76. The van der Waals surface area contributed by atoms with Crippen LogP contribution in [0.1, 0.15) is 37.7 Å². The van der Waals surface area contributed by atoms with Crippen molar-refractivity contribution in [1.29, 1.82) is 0 Å². The average Bonchev–Trinajstić information content (AvgIpc) is 3.12. The molecule has 7 heteroatoms. The van der Waals surface area contributed by atoms with E-state index < -0.39 is 0 Å². The molecule has 190 valence electrons. The summed E-state index contributed by atoms with van der Waals surface area (Å²) in [4.78, 5) is 22.1. The fraction of sp³-hybridized carbons (Fsp3) is 0.379. The normalized spacial score (nSPS) is 19.1. The lowest BCUT2D eigenvalue weighted by Crippen LogP contribution is -2.56. The molecule has 1 aromatic heterocycles. The van der Waals surface area contributed by atoms with Gasteiger partial charge in [-0.1, -0.05) is 38.1 Å². The molecule has 2 N–H and O–H groups in total. The molecule has 0 spiro atoms. The van der Waals surface area contributed by atoms with Crippen LogP contribution in [0, 0.1) is 5.92 Å². The zero-order valence-electron chi connectivity index (χ0n) is 21.3. The molecule has 1 fully saturated rings. The second-order valence-corrected chi connectivity index (χ2v) is 9.76. The van der Waals surface area contributed by atoms with Crippen molar-refractivity contribution in [1.82, 2.24) is 15.2 Å². The van der Waals surface area contributed by atoms with E-state index in [1.807, 2.05) is 42.5 Å². The number of pyridine rings is 1. The van der Waals surface area contributed by atoms with Crippen LogP contribution in [0.2, 0.25) is 0 Å². The summed E-state index contributed by atoms with van der Waals surface area (Å²) in [7, 11) is 0. The highest BCUT2D eigenvalue weighted by Gasteiger charge is 2.27. The Bertz CT molecular complexity index is 1120. The molecule has 2 aliphatic rings. The van der Waals surface area contributed by atoms with Gasteiger partial charge < -0.3 is 20.1 Å². The molecule has 1 aliphatic carbocycles. The van der Waals surface area contributed by atoms with Crippen molar-refractivity contribution in [2.45, 2.75) is 39.3 Å². The molecule has 0 saturated carbocycles. The minimum absolute atomic E-state index is 0.00261. The molecular weight excluding hydrogens is 452 g/mol. The Labute approximate surface area is 213 Å². The summed E-state index contributed by atoms with van der Waals surface area (Å²) in [5.41, 5.74) is 1.41. The predicted octanol–water partition coefficient (Wildman–Crippen LogP) is 4.53. The topological polar surface area (TPSA) is 77.9 Å². The smallest absolute Gasteiger partial charge is 0.270 e. The first-order valence-corrected chi connectivity index (χ1v) is 12.6. The maximum Gasteiger partial charge on any atom is 0.270 e. The second-order valence-electron chi connectivity index (χ2n) is 9.76. The first-order chi connectivity index (χ1) is 17.4. The third-order valence-electron chi connectivity index (χ3n) is 6.60. The van der Waals surface area contributed by atoms with Crippen molar-refractivity contribution in [2.75, 3.05) is 31.1 Å². The van der Waals surface area contributed by atoms with Gasteiger partial charge in [0.15, 0.2) is 0 Å². The molecule has 1 amide bonds. The van der Waals surface area contributed by atoms with E-state index in [9.17, 15) is 9.90 Å². The summed E-state index contributed by atoms with van der Waals surface area (Å²) in [6.45, 7) is 9.88. The lowest BCUT2D eigenvalue weighted by Gasteiger charge is -2.42. The Morgan fingerprint density at radius 3 is 2.81 bits per heavy atom. The number of benzene rings is 1. The molecule has 36 heavy (non-hydrogen) atoms. The number of hydrogen-bond donors (Lipinski definition) is 2. The number of piperazine rings is 1. The number of nitrogens with one attached hydrogen (secondary N) is 1. The van der Waals surface area contributed by atoms with E-state index in [2.05, 4.69) is 46.9 Å². The van der Waals surface area contributed by atoms with Gasteiger partial charge in [-0.25, -0.2) is 4.98 Å². The maximum atomic E-state index is 13.0. The molecule has 1 aromatic carbocycles. The number of phenols is 1. The molecule has 7 nitrogen and oxygen atoms in total. The molecule has 4 rings (SSSR count). The maximum absolute atomic E-state index is 13.0. The van der Waals surface area contributed by atoms with Gasteiger partial charge in [0.2, 0.25) is 0 Å². The number of phenolic OH excluding ortho intramolecular Hbond substituents is 1. The van der Waals surface area contributed by atoms with Crippen molar-refractivity contribution in [3.05, 3.63) is 84.4 Å². The zero-order valence-corrected chi connectivity index (χ0v) is 21.3. The van der Waals surface area contributed by atoms with Crippen LogP contribution in [0.4, 0.5) is 5.69 Å². The monoisotopic (exact) mass is 488 g/mol. The van der Waals surface area contributed by atoms with E-state index in [0.717, 1.165) is 44.0 Å². The summed E-state index contributed by atoms with van der Waals surface area (Å²) in [5, 5.41) is 13.0. The summed E-state index contributed by atoms with van der Waals surface area (Å²) in [6, 6.07) is 11.2. The fourth-order valence-corrected chi connectivity index (χ4v) is 4.54. The fourth-order valence-electron chi connectivity index (χ4n) is 4.54. The lowest BCUT2D eigenvalue weighted by atomic mass is 10.0. The van der Waals surface area contributed by atoms with E-state index in [-0.39, 0.29) is 23.6 Å². The second kappa shape index (κ2) is 11.9. The number of carbonyl (C=O) groups is 1. The van der Waals surface area contributed by atoms with Crippen molar-refractivity contribution < 1.29 is 14.6 Å². The van der Waals surface area contributed by atoms with E-state index in [4.69, 9.17) is 4.74 Å². The largest absolute Gasteiger partial charge is 0.508 e. The Balaban J connectivity index is 1.32. The number of aromatic nitrogens is 1. The molecule has 2 heterocycles. The quantitative estimate of drug-likeness (QED) is 0.569. The Hall–Kier alpha value is -3.58. The molecule has 0 radical (unpaired) electrons. The van der Waals surface area contributed by atoms with Gasteiger partial charge in [0, 0.05) is 50.0 Å². The molecule has 2 aromatic rings. The van der Waals surface area contributed by atoms with Gasteiger partial charge in [0.05, 0.1) is 6.20 Å². The first-order valence-electron chi connectivity index (χ1n) is 12.6. The van der Waals surface area contributed by atoms with Crippen LogP contribution in [0.3, 0.4) is 0 Å². The lowest BCUT2D eigenvalue weighted by molar-refractivity contribution is 0.0898. The van der Waals surface area contributed by atoms with E-state index in [1.165, 1.54) is 0 Å². The minimum Gasteiger partial charge on any atom is -0.508 e. The van der Waals surface area contributed by atoms with E-state index >= 15 is 0 Å². The van der Waals surface area contributed by atoms with Gasteiger partial charge in [-0.05, 0) is 55.7 Å². The van der Waals surface area contributed by atoms with Crippen LogP contribution in [0.15, 0.2) is 78.7 Å². The van der Waals surface area contributed by atoms with E-state index in [0.29, 0.717) is 17.5 Å². The van der Waals surface area contributed by atoms with Crippen molar-refractivity contribution in [3.8, 4) is 11.5 Å². The predicted molar refractivity (Wildman–Crippen MR) is 143 cm³/mol. The highest BCUT2D eigenvalue weighted by molar-refractivity contribution is 5.92. The Morgan fingerprint density at radius 1 is 1.22 bits per heavy atom. The van der Waals surface area contributed by atoms with Crippen LogP contribution >= 0.6 is 0 Å². The van der Waals surface area contributed by atoms with E-state index in [1.54, 1.807) is 24.4 Å². The Kier molecular flexibility index (Phi) is 8.44. The molecular formula is C29H36N4O3.